The molecule has 0 fully saturated rings. The molecular formula is C25H29N3O8Si. The Morgan fingerprint density at radius 1 is 1.16 bits per heavy atom. The molecule has 2 aromatic carbocycles. The zero-order valence-electron chi connectivity index (χ0n) is 21.3. The Labute approximate surface area is 214 Å². The highest BCUT2D eigenvalue weighted by atomic mass is 28.3. The van der Waals surface area contributed by atoms with Gasteiger partial charge in [-0.25, -0.2) is 14.3 Å². The molecule has 0 aliphatic heterocycles. The van der Waals surface area contributed by atoms with Gasteiger partial charge in [0.05, 0.1) is 17.5 Å². The van der Waals surface area contributed by atoms with Gasteiger partial charge >= 0.3 is 12.1 Å². The van der Waals surface area contributed by atoms with Crippen molar-refractivity contribution in [1.82, 2.24) is 9.78 Å². The van der Waals surface area contributed by atoms with Crippen LogP contribution in [0.2, 0.25) is 25.7 Å². The van der Waals surface area contributed by atoms with Crippen molar-refractivity contribution in [2.45, 2.75) is 39.3 Å². The topological polar surface area (TPSA) is 132 Å². The molecule has 3 aromatic rings. The predicted octanol–water partition coefficient (Wildman–Crippen LogP) is 5.29. The van der Waals surface area contributed by atoms with Gasteiger partial charge in [-0.3, -0.25) is 10.1 Å². The molecule has 0 bridgehead atoms. The summed E-state index contributed by atoms with van der Waals surface area (Å²) in [6.07, 6.45) is 2.00. The monoisotopic (exact) mass is 527 g/mol. The van der Waals surface area contributed by atoms with Crippen LogP contribution in [0.4, 0.5) is 10.5 Å². The normalized spacial score (nSPS) is 11.9. The van der Waals surface area contributed by atoms with Crippen molar-refractivity contribution in [3.05, 3.63) is 69.6 Å². The molecule has 1 heterocycles. The number of fused-ring (bicyclic) bond motifs is 1. The van der Waals surface area contributed by atoms with Crippen LogP contribution in [0.15, 0.2) is 48.4 Å². The van der Waals surface area contributed by atoms with Crippen LogP contribution in [0, 0.1) is 17.0 Å². The minimum Gasteiger partial charge on any atom is -0.463 e. The van der Waals surface area contributed by atoms with E-state index in [9.17, 15) is 19.7 Å². The van der Waals surface area contributed by atoms with Crippen LogP contribution in [0.25, 0.3) is 17.0 Å². The summed E-state index contributed by atoms with van der Waals surface area (Å²) in [6, 6.07) is 9.48. The minimum atomic E-state index is -1.20. The highest BCUT2D eigenvalue weighted by Crippen LogP contribution is 2.23. The van der Waals surface area contributed by atoms with Crippen molar-refractivity contribution in [3.8, 4) is 5.75 Å². The third kappa shape index (κ3) is 7.98. The summed E-state index contributed by atoms with van der Waals surface area (Å²) in [5, 5.41) is 16.2. The summed E-state index contributed by atoms with van der Waals surface area (Å²) >= 11 is 0. The number of carbonyl (C=O) groups is 2. The van der Waals surface area contributed by atoms with Crippen molar-refractivity contribution in [2.24, 2.45) is 0 Å². The van der Waals surface area contributed by atoms with E-state index in [2.05, 4.69) is 24.7 Å². The molecule has 196 valence electrons. The van der Waals surface area contributed by atoms with Crippen LogP contribution in [0.1, 0.15) is 11.1 Å². The van der Waals surface area contributed by atoms with Crippen LogP contribution in [-0.4, -0.2) is 48.6 Å². The molecule has 37 heavy (non-hydrogen) atoms. The van der Waals surface area contributed by atoms with E-state index in [0.29, 0.717) is 18.9 Å². The van der Waals surface area contributed by atoms with Crippen LogP contribution in [0.5, 0.6) is 5.75 Å². The summed E-state index contributed by atoms with van der Waals surface area (Å²) in [5.74, 6) is -1.27. The lowest BCUT2D eigenvalue weighted by Gasteiger charge is -2.15. The maximum Gasteiger partial charge on any atom is 0.519 e. The number of hydrogen-bond donors (Lipinski definition) is 0. The first-order valence-corrected chi connectivity index (χ1v) is 15.2. The molecule has 0 aliphatic rings. The molecular weight excluding hydrogens is 498 g/mol. The van der Waals surface area contributed by atoms with Gasteiger partial charge < -0.3 is 18.9 Å². The Kier molecular flexibility index (Phi) is 8.79. The summed E-state index contributed by atoms with van der Waals surface area (Å²) in [6.45, 7) is 9.75. The van der Waals surface area contributed by atoms with E-state index in [1.807, 2.05) is 13.1 Å². The van der Waals surface area contributed by atoms with Gasteiger partial charge in [-0.2, -0.15) is 5.10 Å². The number of aromatic nitrogens is 2. The molecule has 0 spiro atoms. The number of hydrogen-bond acceptors (Lipinski definition) is 9. The largest absolute Gasteiger partial charge is 0.519 e. The second-order valence-corrected chi connectivity index (χ2v) is 15.1. The molecule has 0 amide bonds. The summed E-state index contributed by atoms with van der Waals surface area (Å²) < 4.78 is 22.3. The average molecular weight is 528 g/mol. The number of nitro groups is 1. The van der Waals surface area contributed by atoms with Gasteiger partial charge in [-0.1, -0.05) is 19.6 Å². The summed E-state index contributed by atoms with van der Waals surface area (Å²) in [5.41, 5.74) is 2.04. The number of non-ortho nitro benzene ring substituents is 1. The van der Waals surface area contributed by atoms with Gasteiger partial charge in [-0.05, 0) is 54.4 Å². The van der Waals surface area contributed by atoms with Gasteiger partial charge in [0.2, 0.25) is 5.76 Å². The number of benzene rings is 2. The highest BCUT2D eigenvalue weighted by molar-refractivity contribution is 6.76. The molecule has 0 saturated carbocycles. The smallest absolute Gasteiger partial charge is 0.463 e. The van der Waals surface area contributed by atoms with E-state index in [1.165, 1.54) is 30.3 Å². The van der Waals surface area contributed by atoms with Gasteiger partial charge in [-0.15, -0.1) is 0 Å². The first kappa shape index (κ1) is 27.6. The molecule has 0 saturated heterocycles. The van der Waals surface area contributed by atoms with Crippen molar-refractivity contribution in [3.63, 3.8) is 0 Å². The highest BCUT2D eigenvalue weighted by Gasteiger charge is 2.19. The van der Waals surface area contributed by atoms with E-state index in [1.54, 1.807) is 16.8 Å². The summed E-state index contributed by atoms with van der Waals surface area (Å²) in [7, 11) is -0.0260. The molecule has 12 heteroatoms. The molecule has 0 atom stereocenters. The number of methoxy groups -OCH3 is 1. The average Bonchev–Trinajstić information content (AvgIpc) is 3.24. The third-order valence-corrected chi connectivity index (χ3v) is 6.92. The lowest BCUT2D eigenvalue weighted by Crippen LogP contribution is -2.22. The minimum absolute atomic E-state index is 0.0107. The first-order valence-electron chi connectivity index (χ1n) is 11.4. The number of nitrogens with zero attached hydrogens (tertiary/aromatic N) is 3. The summed E-state index contributed by atoms with van der Waals surface area (Å²) in [4.78, 5) is 34.7. The Morgan fingerprint density at radius 2 is 1.86 bits per heavy atom. The fourth-order valence-electron chi connectivity index (χ4n) is 3.30. The van der Waals surface area contributed by atoms with Crippen LogP contribution in [0.3, 0.4) is 0 Å². The van der Waals surface area contributed by atoms with Crippen molar-refractivity contribution < 1.29 is 33.5 Å². The number of nitro benzene ring substituents is 1. The predicted molar refractivity (Wildman–Crippen MR) is 139 cm³/mol. The Balaban J connectivity index is 1.75. The quantitative estimate of drug-likeness (QED) is 0.0504. The fourth-order valence-corrected chi connectivity index (χ4v) is 4.06. The Morgan fingerprint density at radius 3 is 2.49 bits per heavy atom. The molecule has 3 rings (SSSR count). The lowest BCUT2D eigenvalue weighted by atomic mass is 10.1. The van der Waals surface area contributed by atoms with Crippen molar-refractivity contribution >= 4 is 42.9 Å². The third-order valence-electron chi connectivity index (χ3n) is 5.22. The zero-order chi connectivity index (χ0) is 27.2. The number of ether oxygens (including phenoxy) is 4. The van der Waals surface area contributed by atoms with E-state index in [4.69, 9.17) is 18.9 Å². The number of carbonyl (C=O) groups excluding carboxylic acids is 2. The van der Waals surface area contributed by atoms with Gasteiger partial charge in [0.1, 0.15) is 12.5 Å². The standard InChI is InChI=1S/C25H29N3O8Si/c1-17-12-18(13-19-15-27(26-23(17)19)16-34-10-11-37(3,4)5)14-22(24(29)33-2)36-25(30)35-21-8-6-20(7-9-21)28(31)32/h6-9,12-15H,10-11,16H2,1-5H3/b22-14-. The SMILES string of the molecule is COC(=O)/C(=C/c1cc(C)c2nn(COCC[Si](C)(C)C)cc2c1)OC(=O)Oc1ccc([N+](=O)[O-])cc1. The van der Waals surface area contributed by atoms with Gasteiger partial charge in [0.25, 0.3) is 5.69 Å². The van der Waals surface area contributed by atoms with E-state index >= 15 is 0 Å². The molecule has 0 N–H and O–H groups in total. The van der Waals surface area contributed by atoms with Gasteiger partial charge in [0, 0.05) is 38.4 Å². The Bertz CT molecular complexity index is 1330. The zero-order valence-corrected chi connectivity index (χ0v) is 22.3. The van der Waals surface area contributed by atoms with Gasteiger partial charge in [0.15, 0.2) is 0 Å². The van der Waals surface area contributed by atoms with E-state index in [0.717, 1.165) is 29.6 Å². The number of aryl methyl sites for hydroxylation is 1. The number of rotatable bonds is 10. The molecule has 0 aliphatic carbocycles. The molecule has 11 nitrogen and oxygen atoms in total. The fraction of sp³-hybridized carbons (Fsp3) is 0.320. The van der Waals surface area contributed by atoms with Crippen molar-refractivity contribution in [2.75, 3.05) is 13.7 Å². The van der Waals surface area contributed by atoms with Crippen LogP contribution in [-0.2, 0) is 25.7 Å². The first-order chi connectivity index (χ1) is 17.4. The molecule has 1 aromatic heterocycles. The van der Waals surface area contributed by atoms with Crippen molar-refractivity contribution in [1.29, 1.82) is 0 Å². The Hall–Kier alpha value is -4.03. The molecule has 0 radical (unpaired) electrons. The number of esters is 1. The lowest BCUT2D eigenvalue weighted by molar-refractivity contribution is -0.384. The van der Waals surface area contributed by atoms with E-state index < -0.39 is 30.9 Å². The maximum atomic E-state index is 12.3. The maximum absolute atomic E-state index is 12.3. The molecule has 0 unspecified atom stereocenters. The van der Waals surface area contributed by atoms with E-state index in [-0.39, 0.29) is 11.4 Å². The van der Waals surface area contributed by atoms with Crippen LogP contribution < -0.4 is 4.74 Å². The van der Waals surface area contributed by atoms with Crippen LogP contribution >= 0.6 is 0 Å². The second kappa shape index (κ2) is 11.8. The second-order valence-electron chi connectivity index (χ2n) is 9.50.